The zero-order chi connectivity index (χ0) is 26.9. The van der Waals surface area contributed by atoms with Gasteiger partial charge in [0.15, 0.2) is 17.1 Å². The first kappa shape index (κ1) is 20.4. The van der Waals surface area contributed by atoms with E-state index in [1.165, 1.54) is 19.1 Å². The number of Topliss-reactive ketones (excluding diaryl/α,β-unsaturated/α-hetero) is 1. The van der Waals surface area contributed by atoms with Crippen LogP contribution in [0, 0.1) is 22.7 Å². The van der Waals surface area contributed by atoms with Gasteiger partial charge in [0.2, 0.25) is 5.78 Å². The van der Waals surface area contributed by atoms with Gasteiger partial charge in [-0.1, -0.05) is 19.9 Å². The SMILES string of the molecule is [2H]C([2H])([2H])CCC(=O)O[C@]1(C(=O)CO)CC[C@H]2[C@@H]3C[C@H](F)C4=CC(=O)C=C[C@]4(C)[C@@]3(F)[C@@H](O)C[C@@]21C. The van der Waals surface area contributed by atoms with E-state index < -0.39 is 90.0 Å². The van der Waals surface area contributed by atoms with Crippen LogP contribution in [0.2, 0.25) is 0 Å². The minimum atomic E-state index is -2.39. The smallest absolute Gasteiger partial charge is 0.306 e. The predicted molar refractivity (Wildman–Crippen MR) is 114 cm³/mol. The molecular weight excluding hydrogens is 434 g/mol. The van der Waals surface area contributed by atoms with Crippen molar-refractivity contribution >= 4 is 17.5 Å². The van der Waals surface area contributed by atoms with Crippen LogP contribution in [0.15, 0.2) is 23.8 Å². The van der Waals surface area contributed by atoms with E-state index in [0.717, 1.165) is 6.08 Å². The Morgan fingerprint density at radius 2 is 2.06 bits per heavy atom. The Kier molecular flexibility index (Phi) is 4.83. The van der Waals surface area contributed by atoms with Crippen molar-refractivity contribution in [1.82, 2.24) is 0 Å². The van der Waals surface area contributed by atoms with Crippen molar-refractivity contribution in [2.75, 3.05) is 6.61 Å². The van der Waals surface area contributed by atoms with Crippen molar-refractivity contribution < 1.29 is 42.2 Å². The van der Waals surface area contributed by atoms with Gasteiger partial charge in [-0.3, -0.25) is 14.4 Å². The molecule has 0 aromatic rings. The third-order valence-electron chi connectivity index (χ3n) is 8.96. The van der Waals surface area contributed by atoms with Crippen molar-refractivity contribution in [3.63, 3.8) is 0 Å². The molecule has 4 aliphatic rings. The number of hydrogen-bond acceptors (Lipinski definition) is 6. The molecule has 0 spiro atoms. The topological polar surface area (TPSA) is 101 Å². The fourth-order valence-electron chi connectivity index (χ4n) is 7.35. The second-order valence-corrected chi connectivity index (χ2v) is 10.3. The molecule has 0 saturated heterocycles. The minimum absolute atomic E-state index is 0.0248. The molecule has 0 aromatic heterocycles. The van der Waals surface area contributed by atoms with E-state index in [-0.39, 0.29) is 31.3 Å². The first-order valence-corrected chi connectivity index (χ1v) is 11.4. The van der Waals surface area contributed by atoms with Crippen LogP contribution >= 0.6 is 0 Å². The molecule has 6 nitrogen and oxygen atoms in total. The maximum Gasteiger partial charge on any atom is 0.306 e. The molecule has 2 N–H and O–H groups in total. The Morgan fingerprint density at radius 3 is 2.73 bits per heavy atom. The second kappa shape index (κ2) is 7.80. The average molecular weight is 470 g/mol. The van der Waals surface area contributed by atoms with Gasteiger partial charge in [0.1, 0.15) is 12.8 Å². The van der Waals surface area contributed by atoms with Gasteiger partial charge in [-0.15, -0.1) is 0 Å². The zero-order valence-corrected chi connectivity index (χ0v) is 18.8. The summed E-state index contributed by atoms with van der Waals surface area (Å²) in [6.45, 7) is -0.322. The number of hydrogen-bond donors (Lipinski definition) is 2. The molecule has 3 fully saturated rings. The lowest BCUT2D eigenvalue weighted by Crippen LogP contribution is -2.70. The molecule has 0 bridgehead atoms. The van der Waals surface area contributed by atoms with Gasteiger partial charge in [0.05, 0.1) is 6.10 Å². The monoisotopic (exact) mass is 469 g/mol. The van der Waals surface area contributed by atoms with E-state index in [9.17, 15) is 24.6 Å². The van der Waals surface area contributed by atoms with Crippen LogP contribution in [0.1, 0.15) is 63.3 Å². The quantitative estimate of drug-likeness (QED) is 0.601. The number of allylic oxidation sites excluding steroid dienone is 4. The molecule has 182 valence electrons. The number of aliphatic hydroxyl groups excluding tert-OH is 2. The number of esters is 1. The van der Waals surface area contributed by atoms with Crippen molar-refractivity contribution in [3.8, 4) is 0 Å². The van der Waals surface area contributed by atoms with Gasteiger partial charge < -0.3 is 14.9 Å². The molecule has 33 heavy (non-hydrogen) atoms. The Bertz CT molecular complexity index is 1040. The Morgan fingerprint density at radius 1 is 1.33 bits per heavy atom. The maximum absolute atomic E-state index is 17.2. The molecule has 4 aliphatic carbocycles. The lowest BCUT2D eigenvalue weighted by atomic mass is 9.44. The number of ether oxygens (including phenoxy) is 1. The summed E-state index contributed by atoms with van der Waals surface area (Å²) in [4.78, 5) is 37.7. The van der Waals surface area contributed by atoms with E-state index in [1.54, 1.807) is 6.92 Å². The number of alkyl halides is 2. The molecule has 8 atom stereocenters. The third-order valence-corrected chi connectivity index (χ3v) is 8.96. The zero-order valence-electron chi connectivity index (χ0n) is 21.8. The number of rotatable bonds is 5. The Hall–Kier alpha value is -1.93. The summed E-state index contributed by atoms with van der Waals surface area (Å²) in [7, 11) is 0. The van der Waals surface area contributed by atoms with E-state index >= 15 is 8.78 Å². The summed E-state index contributed by atoms with van der Waals surface area (Å²) in [5, 5.41) is 21.1. The van der Waals surface area contributed by atoms with Crippen LogP contribution in [0.4, 0.5) is 8.78 Å². The molecule has 8 heteroatoms. The number of carbonyl (C=O) groups is 3. The summed E-state index contributed by atoms with van der Waals surface area (Å²) in [6, 6.07) is 0. The van der Waals surface area contributed by atoms with Crippen LogP contribution in [0.5, 0.6) is 0 Å². The standard InChI is InChI=1S/C25H32F2O6/c1-4-5-21(32)33-24(20(31)13-28)9-7-15-16-11-18(26)17-10-14(29)6-8-22(17,2)25(16,27)19(30)12-23(15,24)3/h6,8,10,15-16,18-19,28,30H,4-5,7,9,11-13H2,1-3H3/t15-,16-,18-,19-,22-,23-,24-,25-/m0/s1/i1D3. The third kappa shape index (κ3) is 2.99. The highest BCUT2D eigenvalue weighted by Gasteiger charge is 2.76. The highest BCUT2D eigenvalue weighted by molar-refractivity contribution is 6.01. The minimum Gasteiger partial charge on any atom is -0.450 e. The summed E-state index contributed by atoms with van der Waals surface area (Å²) in [6.07, 6.45) is -1.30. The molecular formula is C25H32F2O6. The summed E-state index contributed by atoms with van der Waals surface area (Å²) in [5.41, 5.74) is -7.22. The molecule has 0 aromatic carbocycles. The van der Waals surface area contributed by atoms with Crippen molar-refractivity contribution in [1.29, 1.82) is 0 Å². The normalized spacial score (nSPS) is 47.9. The first-order valence-electron chi connectivity index (χ1n) is 12.9. The highest BCUT2D eigenvalue weighted by Crippen LogP contribution is 2.70. The van der Waals surface area contributed by atoms with Crippen LogP contribution in [-0.4, -0.2) is 57.9 Å². The van der Waals surface area contributed by atoms with Crippen molar-refractivity contribution in [3.05, 3.63) is 23.8 Å². The molecule has 0 heterocycles. The molecule has 0 amide bonds. The van der Waals surface area contributed by atoms with Crippen LogP contribution in [-0.2, 0) is 19.1 Å². The van der Waals surface area contributed by atoms with Crippen LogP contribution in [0.3, 0.4) is 0 Å². The van der Waals surface area contributed by atoms with Crippen LogP contribution < -0.4 is 0 Å². The molecule has 0 aliphatic heterocycles. The van der Waals surface area contributed by atoms with E-state index in [2.05, 4.69) is 0 Å². The number of ketones is 2. The lowest BCUT2D eigenvalue weighted by molar-refractivity contribution is -0.229. The fourth-order valence-corrected chi connectivity index (χ4v) is 7.35. The molecule has 0 radical (unpaired) electrons. The second-order valence-electron chi connectivity index (χ2n) is 10.3. The highest BCUT2D eigenvalue weighted by atomic mass is 19.1. The fraction of sp³-hybridized carbons (Fsp3) is 0.720. The van der Waals surface area contributed by atoms with Crippen LogP contribution in [0.25, 0.3) is 0 Å². The van der Waals surface area contributed by atoms with Gasteiger partial charge in [0.25, 0.3) is 0 Å². The summed E-state index contributed by atoms with van der Waals surface area (Å²) in [5.74, 6) is -4.00. The predicted octanol–water partition coefficient (Wildman–Crippen LogP) is 2.95. The van der Waals surface area contributed by atoms with Gasteiger partial charge in [0, 0.05) is 27.3 Å². The van der Waals surface area contributed by atoms with Gasteiger partial charge >= 0.3 is 5.97 Å². The van der Waals surface area contributed by atoms with Crippen molar-refractivity contribution in [2.24, 2.45) is 22.7 Å². The number of carbonyl (C=O) groups excluding carboxylic acids is 3. The summed E-state index contributed by atoms with van der Waals surface area (Å²) < 4.78 is 60.2. The molecule has 3 saturated carbocycles. The Balaban J connectivity index is 1.75. The molecule has 0 unspecified atom stereocenters. The number of halogens is 2. The van der Waals surface area contributed by atoms with Gasteiger partial charge in [-0.2, -0.15) is 0 Å². The van der Waals surface area contributed by atoms with E-state index in [0.29, 0.717) is 0 Å². The van der Waals surface area contributed by atoms with E-state index in [4.69, 9.17) is 8.85 Å². The Labute approximate surface area is 196 Å². The number of aliphatic hydroxyl groups is 2. The van der Waals surface area contributed by atoms with Crippen molar-refractivity contribution in [2.45, 2.75) is 82.8 Å². The lowest BCUT2D eigenvalue weighted by Gasteiger charge is -2.63. The average Bonchev–Trinajstić information content (AvgIpc) is 3.07. The number of fused-ring (bicyclic) bond motifs is 5. The van der Waals surface area contributed by atoms with E-state index in [1.807, 2.05) is 0 Å². The van der Waals surface area contributed by atoms with Gasteiger partial charge in [-0.05, 0) is 62.7 Å². The largest absolute Gasteiger partial charge is 0.450 e. The van der Waals surface area contributed by atoms with Gasteiger partial charge in [-0.25, -0.2) is 8.78 Å². The summed E-state index contributed by atoms with van der Waals surface area (Å²) >= 11 is 0. The maximum atomic E-state index is 17.2. The first-order chi connectivity index (χ1) is 16.6. The molecule has 4 rings (SSSR count).